The second kappa shape index (κ2) is 3.97. The summed E-state index contributed by atoms with van der Waals surface area (Å²) in [5.41, 5.74) is -0.521. The van der Waals surface area contributed by atoms with Gasteiger partial charge in [-0.05, 0) is 26.7 Å². The zero-order chi connectivity index (χ0) is 10.6. The average Bonchev–Trinajstić information content (AvgIpc) is 2.49. The van der Waals surface area contributed by atoms with Crippen LogP contribution >= 0.6 is 0 Å². The molecule has 0 aliphatic rings. The van der Waals surface area contributed by atoms with E-state index in [9.17, 15) is 4.79 Å². The maximum atomic E-state index is 11.1. The largest absolute Gasteiger partial charge is 0.450 e. The topological polar surface area (TPSA) is 52.3 Å². The highest BCUT2D eigenvalue weighted by Crippen LogP contribution is 2.06. The third-order valence-corrected chi connectivity index (χ3v) is 1.12. The first-order valence-corrected chi connectivity index (χ1v) is 4.11. The van der Waals surface area contributed by atoms with Crippen LogP contribution in [0.5, 0.6) is 0 Å². The number of nitrogens with zero attached hydrogens (tertiary/aromatic N) is 1. The van der Waals surface area contributed by atoms with Crippen LogP contribution in [0, 0.1) is 11.8 Å². The van der Waals surface area contributed by atoms with Crippen molar-refractivity contribution in [2.24, 2.45) is 0 Å². The Hall–Kier alpha value is -1.76. The molecule has 0 aliphatic carbocycles. The van der Waals surface area contributed by atoms with E-state index in [-0.39, 0.29) is 0 Å². The highest BCUT2D eigenvalue weighted by Gasteiger charge is 2.14. The van der Waals surface area contributed by atoms with E-state index >= 15 is 0 Å². The molecule has 14 heavy (non-hydrogen) atoms. The Bertz CT molecular complexity index is 362. The van der Waals surface area contributed by atoms with E-state index in [1.165, 1.54) is 12.6 Å². The molecule has 0 radical (unpaired) electrons. The number of hydrogen-bond acceptors (Lipinski definition) is 4. The molecule has 4 nitrogen and oxygen atoms in total. The number of esters is 1. The van der Waals surface area contributed by atoms with Crippen LogP contribution < -0.4 is 0 Å². The van der Waals surface area contributed by atoms with Crippen molar-refractivity contribution in [2.75, 3.05) is 0 Å². The van der Waals surface area contributed by atoms with Crippen molar-refractivity contribution >= 4 is 5.97 Å². The van der Waals surface area contributed by atoms with Crippen LogP contribution in [-0.4, -0.2) is 16.6 Å². The Morgan fingerprint density at radius 3 is 2.79 bits per heavy atom. The summed E-state index contributed by atoms with van der Waals surface area (Å²) in [6.07, 6.45) is 2.68. The van der Waals surface area contributed by atoms with Crippen molar-refractivity contribution in [3.63, 3.8) is 0 Å². The van der Waals surface area contributed by atoms with Gasteiger partial charge < -0.3 is 9.15 Å². The summed E-state index contributed by atoms with van der Waals surface area (Å²) >= 11 is 0. The normalized spacial score (nSPS) is 10.2. The molecule has 0 saturated heterocycles. The number of ether oxygens (including phenoxy) is 1. The summed E-state index contributed by atoms with van der Waals surface area (Å²) < 4.78 is 9.78. The Labute approximate surface area is 82.3 Å². The number of carbonyl (C=O) groups excluding carboxylic acids is 1. The van der Waals surface area contributed by atoms with Gasteiger partial charge in [0.25, 0.3) is 0 Å². The van der Waals surface area contributed by atoms with Crippen LogP contribution in [0.1, 0.15) is 26.5 Å². The number of carbonyl (C=O) groups is 1. The van der Waals surface area contributed by atoms with Gasteiger partial charge in [0.1, 0.15) is 5.60 Å². The van der Waals surface area contributed by atoms with E-state index < -0.39 is 11.6 Å². The summed E-state index contributed by atoms with van der Waals surface area (Å²) in [4.78, 5) is 14.7. The highest BCUT2D eigenvalue weighted by atomic mass is 16.6. The molecule has 0 aromatic carbocycles. The lowest BCUT2D eigenvalue weighted by Crippen LogP contribution is -2.22. The molecule has 0 bridgehead atoms. The van der Waals surface area contributed by atoms with Gasteiger partial charge in [-0.3, -0.25) is 0 Å². The lowest BCUT2D eigenvalue weighted by molar-refractivity contribution is -0.147. The van der Waals surface area contributed by atoms with Crippen LogP contribution in [0.3, 0.4) is 0 Å². The molecule has 1 rings (SSSR count). The summed E-state index contributed by atoms with van der Waals surface area (Å²) in [6, 6.07) is 0. The van der Waals surface area contributed by atoms with Crippen molar-refractivity contribution in [2.45, 2.75) is 26.4 Å². The van der Waals surface area contributed by atoms with Gasteiger partial charge in [0.05, 0.1) is 6.20 Å². The summed E-state index contributed by atoms with van der Waals surface area (Å²) in [7, 11) is 0. The van der Waals surface area contributed by atoms with Gasteiger partial charge in [-0.15, -0.1) is 0 Å². The zero-order valence-corrected chi connectivity index (χ0v) is 8.33. The second-order valence-electron chi connectivity index (χ2n) is 3.62. The van der Waals surface area contributed by atoms with Crippen molar-refractivity contribution in [1.29, 1.82) is 0 Å². The van der Waals surface area contributed by atoms with Crippen molar-refractivity contribution in [1.82, 2.24) is 4.98 Å². The van der Waals surface area contributed by atoms with Crippen LogP contribution in [0.2, 0.25) is 0 Å². The molecule has 0 N–H and O–H groups in total. The SMILES string of the molecule is CC(C)(C)OC(=O)C#Cc1cnco1. The molecule has 0 fully saturated rings. The second-order valence-corrected chi connectivity index (χ2v) is 3.62. The fourth-order valence-electron chi connectivity index (χ4n) is 0.694. The van der Waals surface area contributed by atoms with E-state index in [0.29, 0.717) is 5.76 Å². The Kier molecular flexibility index (Phi) is 2.92. The van der Waals surface area contributed by atoms with Crippen molar-refractivity contribution in [3.05, 3.63) is 18.4 Å². The maximum absolute atomic E-state index is 11.1. The summed E-state index contributed by atoms with van der Waals surface area (Å²) in [5.74, 6) is 4.56. The van der Waals surface area contributed by atoms with E-state index in [1.54, 1.807) is 20.8 Å². The molecule has 4 heteroatoms. The standard InChI is InChI=1S/C10H11NO3/c1-10(2,3)14-9(12)5-4-8-6-11-7-13-8/h6-7H,1-3H3. The maximum Gasteiger partial charge on any atom is 0.385 e. The minimum atomic E-state index is -0.575. The van der Waals surface area contributed by atoms with Crippen LogP contribution in [0.15, 0.2) is 17.0 Å². The van der Waals surface area contributed by atoms with E-state index in [0.717, 1.165) is 0 Å². The van der Waals surface area contributed by atoms with Gasteiger partial charge in [-0.1, -0.05) is 0 Å². The predicted octanol–water partition coefficient (Wildman–Crippen LogP) is 1.37. The lowest BCUT2D eigenvalue weighted by Gasteiger charge is -2.16. The quantitative estimate of drug-likeness (QED) is 0.461. The van der Waals surface area contributed by atoms with Gasteiger partial charge in [-0.25, -0.2) is 9.78 Å². The van der Waals surface area contributed by atoms with Crippen LogP contribution in [0.4, 0.5) is 0 Å². The molecule has 0 atom stereocenters. The fraction of sp³-hybridized carbons (Fsp3) is 0.400. The van der Waals surface area contributed by atoms with Gasteiger partial charge in [0, 0.05) is 5.92 Å². The molecular weight excluding hydrogens is 182 g/mol. The third-order valence-electron chi connectivity index (χ3n) is 1.12. The van der Waals surface area contributed by atoms with Crippen LogP contribution in [0.25, 0.3) is 0 Å². The zero-order valence-electron chi connectivity index (χ0n) is 8.33. The molecule has 1 aromatic heterocycles. The summed E-state index contributed by atoms with van der Waals surface area (Å²) in [5, 5.41) is 0. The van der Waals surface area contributed by atoms with Crippen molar-refractivity contribution in [3.8, 4) is 11.8 Å². The molecule has 0 amide bonds. The first kappa shape index (κ1) is 10.3. The molecule has 1 heterocycles. The Balaban J connectivity index is 2.57. The smallest absolute Gasteiger partial charge is 0.385 e. The fourth-order valence-corrected chi connectivity index (χ4v) is 0.694. The minimum absolute atomic E-state index is 0.343. The van der Waals surface area contributed by atoms with Gasteiger partial charge in [-0.2, -0.15) is 0 Å². The molecule has 0 aliphatic heterocycles. The first-order chi connectivity index (χ1) is 6.47. The monoisotopic (exact) mass is 193 g/mol. The number of oxazole rings is 1. The molecule has 74 valence electrons. The molecule has 1 aromatic rings. The molecule has 0 spiro atoms. The first-order valence-electron chi connectivity index (χ1n) is 4.11. The van der Waals surface area contributed by atoms with Crippen LogP contribution in [-0.2, 0) is 9.53 Å². The number of hydrogen-bond donors (Lipinski definition) is 0. The number of rotatable bonds is 0. The number of aromatic nitrogens is 1. The predicted molar refractivity (Wildman–Crippen MR) is 49.2 cm³/mol. The van der Waals surface area contributed by atoms with Gasteiger partial charge in [0.15, 0.2) is 12.2 Å². The molecular formula is C10H11NO3. The Morgan fingerprint density at radius 2 is 2.29 bits per heavy atom. The van der Waals surface area contributed by atoms with E-state index in [1.807, 2.05) is 0 Å². The molecule has 0 unspecified atom stereocenters. The third kappa shape index (κ3) is 3.76. The summed E-state index contributed by atoms with van der Waals surface area (Å²) in [6.45, 7) is 5.34. The van der Waals surface area contributed by atoms with E-state index in [4.69, 9.17) is 9.15 Å². The van der Waals surface area contributed by atoms with Gasteiger partial charge >= 0.3 is 5.97 Å². The van der Waals surface area contributed by atoms with E-state index in [2.05, 4.69) is 16.8 Å². The van der Waals surface area contributed by atoms with Crippen molar-refractivity contribution < 1.29 is 13.9 Å². The molecule has 0 saturated carbocycles. The highest BCUT2D eigenvalue weighted by molar-refractivity contribution is 5.89. The Morgan fingerprint density at radius 1 is 1.57 bits per heavy atom. The average molecular weight is 193 g/mol. The minimum Gasteiger partial charge on any atom is -0.450 e. The van der Waals surface area contributed by atoms with Gasteiger partial charge in [0.2, 0.25) is 0 Å². The lowest BCUT2D eigenvalue weighted by atomic mass is 10.2.